The molecule has 3 rings (SSSR count). The molecule has 28 heavy (non-hydrogen) atoms. The lowest BCUT2D eigenvalue weighted by Gasteiger charge is -2.26. The number of hydrogen-bond donors (Lipinski definition) is 2. The summed E-state index contributed by atoms with van der Waals surface area (Å²) in [6, 6.07) is 8.17. The van der Waals surface area contributed by atoms with E-state index in [0.717, 1.165) is 5.56 Å². The molecule has 1 fully saturated rings. The molecule has 0 spiro atoms. The molecule has 2 N–H and O–H groups in total. The van der Waals surface area contributed by atoms with Crippen molar-refractivity contribution in [3.63, 3.8) is 0 Å². The minimum absolute atomic E-state index is 0.250. The zero-order valence-electron chi connectivity index (χ0n) is 16.2. The molecule has 1 saturated heterocycles. The Morgan fingerprint density at radius 1 is 1.18 bits per heavy atom. The van der Waals surface area contributed by atoms with E-state index in [9.17, 15) is 13.2 Å². The lowest BCUT2D eigenvalue weighted by Crippen LogP contribution is -2.46. The first-order valence-electron chi connectivity index (χ1n) is 9.02. The van der Waals surface area contributed by atoms with Crippen molar-refractivity contribution in [3.05, 3.63) is 53.0 Å². The van der Waals surface area contributed by atoms with Crippen molar-refractivity contribution in [3.8, 4) is 0 Å². The minimum atomic E-state index is -3.50. The number of carbonyl (C=O) groups excluding carboxylic acids is 1. The van der Waals surface area contributed by atoms with E-state index in [0.29, 0.717) is 49.0 Å². The van der Waals surface area contributed by atoms with Gasteiger partial charge in [0.1, 0.15) is 11.5 Å². The molecule has 0 radical (unpaired) electrons. The van der Waals surface area contributed by atoms with Crippen LogP contribution in [0.25, 0.3) is 0 Å². The average molecular weight is 404 g/mol. The summed E-state index contributed by atoms with van der Waals surface area (Å²) >= 11 is 0. The highest BCUT2D eigenvalue weighted by Gasteiger charge is 2.25. The molecule has 8 nitrogen and oxygen atoms in total. The molecule has 1 aliphatic rings. The van der Waals surface area contributed by atoms with E-state index < -0.39 is 10.0 Å². The highest BCUT2D eigenvalue weighted by atomic mass is 32.2. The largest absolute Gasteiger partial charge is 0.466 e. The van der Waals surface area contributed by atoms with Gasteiger partial charge in [-0.3, -0.25) is 4.79 Å². The Kier molecular flexibility index (Phi) is 5.97. The predicted octanol–water partition coefficient (Wildman–Crippen LogP) is 1.64. The van der Waals surface area contributed by atoms with Crippen molar-refractivity contribution < 1.29 is 17.6 Å². The third-order valence-electron chi connectivity index (χ3n) is 4.60. The van der Waals surface area contributed by atoms with Gasteiger partial charge in [-0.25, -0.2) is 13.8 Å². The number of piperazine rings is 1. The van der Waals surface area contributed by atoms with Crippen LogP contribution in [0, 0.1) is 13.8 Å². The molecule has 1 aliphatic heterocycles. The number of aryl methyl sites for hydroxylation is 2. The van der Waals surface area contributed by atoms with Gasteiger partial charge in [-0.15, -0.1) is 0 Å². The fourth-order valence-corrected chi connectivity index (χ4v) is 4.46. The highest BCUT2D eigenvalue weighted by Crippen LogP contribution is 2.17. The van der Waals surface area contributed by atoms with Crippen LogP contribution in [0.4, 0.5) is 0 Å². The lowest BCUT2D eigenvalue weighted by atomic mass is 10.1. The Hall–Kier alpha value is -2.49. The first kappa shape index (κ1) is 20.2. The maximum Gasteiger partial charge on any atom is 0.274 e. The lowest BCUT2D eigenvalue weighted by molar-refractivity contribution is 0.0953. The van der Waals surface area contributed by atoms with Gasteiger partial charge in [0, 0.05) is 26.2 Å². The molecule has 1 aromatic heterocycles. The third-order valence-corrected chi connectivity index (χ3v) is 6.51. The van der Waals surface area contributed by atoms with Gasteiger partial charge in [-0.2, -0.15) is 9.41 Å². The first-order chi connectivity index (χ1) is 13.3. The Morgan fingerprint density at radius 2 is 1.82 bits per heavy atom. The average Bonchev–Trinajstić information content (AvgIpc) is 3.04. The number of benzene rings is 1. The van der Waals surface area contributed by atoms with Crippen LogP contribution in [0.2, 0.25) is 0 Å². The summed E-state index contributed by atoms with van der Waals surface area (Å²) in [5.74, 6) is 0.835. The Labute approximate surface area is 164 Å². The maximum absolute atomic E-state index is 12.7. The number of sulfonamides is 1. The third kappa shape index (κ3) is 4.32. The summed E-state index contributed by atoms with van der Waals surface area (Å²) in [6.07, 6.45) is 0. The smallest absolute Gasteiger partial charge is 0.274 e. The maximum atomic E-state index is 12.7. The summed E-state index contributed by atoms with van der Waals surface area (Å²) < 4.78 is 32.2. The monoisotopic (exact) mass is 404 g/mol. The van der Waals surface area contributed by atoms with E-state index >= 15 is 0 Å². The number of amides is 1. The summed E-state index contributed by atoms with van der Waals surface area (Å²) in [7, 11) is -3.50. The number of nitrogens with zero attached hydrogens (tertiary/aromatic N) is 2. The van der Waals surface area contributed by atoms with E-state index in [4.69, 9.17) is 4.42 Å². The number of hydrazone groups is 1. The zero-order chi connectivity index (χ0) is 20.3. The molecule has 2 heterocycles. The van der Waals surface area contributed by atoms with Gasteiger partial charge in [0.15, 0.2) is 0 Å². The van der Waals surface area contributed by atoms with Crippen molar-refractivity contribution in [1.82, 2.24) is 15.0 Å². The molecule has 0 saturated carbocycles. The van der Waals surface area contributed by atoms with Crippen LogP contribution in [-0.2, 0) is 10.0 Å². The number of nitrogens with one attached hydrogen (secondary N) is 2. The van der Waals surface area contributed by atoms with E-state index in [1.165, 1.54) is 4.31 Å². The van der Waals surface area contributed by atoms with E-state index in [-0.39, 0.29) is 10.8 Å². The van der Waals surface area contributed by atoms with Crippen LogP contribution in [-0.4, -0.2) is 50.5 Å². The quantitative estimate of drug-likeness (QED) is 0.582. The fraction of sp³-hybridized carbons (Fsp3) is 0.368. The SMILES string of the molecule is C/C(=N/NC(=O)c1cc(C)oc1C)c1ccc(S(=O)(=O)N2CCNCC2)cc1. The Balaban J connectivity index is 1.71. The standard InChI is InChI=1S/C19H24N4O4S/c1-13-12-18(15(3)27-13)19(24)22-21-14(2)16-4-6-17(7-5-16)28(25,26)23-10-8-20-9-11-23/h4-7,12,20H,8-11H2,1-3H3,(H,22,24)/b21-14-. The number of hydrogen-bond acceptors (Lipinski definition) is 6. The van der Waals surface area contributed by atoms with Crippen molar-refractivity contribution in [2.75, 3.05) is 26.2 Å². The molecule has 150 valence electrons. The van der Waals surface area contributed by atoms with Gasteiger partial charge in [-0.05, 0) is 44.5 Å². The molecule has 0 aliphatic carbocycles. The number of rotatable bonds is 5. The van der Waals surface area contributed by atoms with Crippen molar-refractivity contribution >= 4 is 21.6 Å². The van der Waals surface area contributed by atoms with Crippen LogP contribution in [0.15, 0.2) is 44.7 Å². The van der Waals surface area contributed by atoms with Crippen molar-refractivity contribution in [2.45, 2.75) is 25.7 Å². The second kappa shape index (κ2) is 8.26. The molecule has 2 aromatic rings. The van der Waals surface area contributed by atoms with Crippen LogP contribution in [0.1, 0.15) is 34.4 Å². The normalized spacial score (nSPS) is 16.2. The molecule has 1 amide bonds. The fourth-order valence-electron chi connectivity index (χ4n) is 3.02. The number of carbonyl (C=O) groups is 1. The van der Waals surface area contributed by atoms with E-state index in [2.05, 4.69) is 15.8 Å². The highest BCUT2D eigenvalue weighted by molar-refractivity contribution is 7.89. The van der Waals surface area contributed by atoms with Gasteiger partial charge in [-0.1, -0.05) is 12.1 Å². The van der Waals surface area contributed by atoms with Gasteiger partial charge in [0.25, 0.3) is 5.91 Å². The predicted molar refractivity (Wildman–Crippen MR) is 106 cm³/mol. The summed E-state index contributed by atoms with van der Waals surface area (Å²) in [5.41, 5.74) is 4.23. The van der Waals surface area contributed by atoms with Crippen LogP contribution < -0.4 is 10.7 Å². The minimum Gasteiger partial charge on any atom is -0.466 e. The topological polar surface area (TPSA) is 104 Å². The molecule has 0 atom stereocenters. The van der Waals surface area contributed by atoms with E-state index in [1.807, 2.05) is 0 Å². The molecule has 1 aromatic carbocycles. The summed E-state index contributed by atoms with van der Waals surface area (Å²) in [4.78, 5) is 12.5. The van der Waals surface area contributed by atoms with Gasteiger partial charge >= 0.3 is 0 Å². The van der Waals surface area contributed by atoms with Crippen molar-refractivity contribution in [2.24, 2.45) is 5.10 Å². The summed E-state index contributed by atoms with van der Waals surface area (Å²) in [5, 5.41) is 7.25. The second-order valence-corrected chi connectivity index (χ2v) is 8.58. The van der Waals surface area contributed by atoms with Crippen molar-refractivity contribution in [1.29, 1.82) is 0 Å². The first-order valence-corrected chi connectivity index (χ1v) is 10.5. The number of furan rings is 1. The van der Waals surface area contributed by atoms with Gasteiger partial charge < -0.3 is 9.73 Å². The second-order valence-electron chi connectivity index (χ2n) is 6.64. The molecular formula is C19H24N4O4S. The zero-order valence-corrected chi connectivity index (χ0v) is 17.0. The van der Waals surface area contributed by atoms with E-state index in [1.54, 1.807) is 51.1 Å². The van der Waals surface area contributed by atoms with Gasteiger partial charge in [0.2, 0.25) is 10.0 Å². The molecule has 9 heteroatoms. The van der Waals surface area contributed by atoms with Crippen LogP contribution in [0.5, 0.6) is 0 Å². The molecule has 0 bridgehead atoms. The Bertz CT molecular complexity index is 987. The summed E-state index contributed by atoms with van der Waals surface area (Å²) in [6.45, 7) is 7.46. The molecular weight excluding hydrogens is 380 g/mol. The molecule has 0 unspecified atom stereocenters. The van der Waals surface area contributed by atoms with Gasteiger partial charge in [0.05, 0.1) is 16.2 Å². The van der Waals surface area contributed by atoms with Crippen LogP contribution in [0.3, 0.4) is 0 Å². The van der Waals surface area contributed by atoms with Crippen LogP contribution >= 0.6 is 0 Å². The Morgan fingerprint density at radius 3 is 2.39 bits per heavy atom.